The van der Waals surface area contributed by atoms with Crippen LogP contribution in [0.1, 0.15) is 17.4 Å². The van der Waals surface area contributed by atoms with Gasteiger partial charge in [0.1, 0.15) is 11.8 Å². The minimum Gasteiger partial charge on any atom is -0.493 e. The number of halogens is 1. The number of ether oxygens (including phenoxy) is 2. The van der Waals surface area contributed by atoms with Gasteiger partial charge >= 0.3 is 0 Å². The van der Waals surface area contributed by atoms with Crippen LogP contribution in [-0.2, 0) is 13.5 Å². The Bertz CT molecular complexity index is 581. The number of benzene rings is 1. The first-order chi connectivity index (χ1) is 9.56. The highest BCUT2D eigenvalue weighted by Gasteiger charge is 2.18. The molecule has 0 saturated carbocycles. The number of aliphatic hydroxyl groups excluding tert-OH is 1. The van der Waals surface area contributed by atoms with E-state index in [-0.39, 0.29) is 0 Å². The van der Waals surface area contributed by atoms with Crippen LogP contribution in [-0.4, -0.2) is 34.3 Å². The highest BCUT2D eigenvalue weighted by Crippen LogP contribution is 2.30. The molecule has 6 nitrogen and oxygen atoms in total. The maximum Gasteiger partial charge on any atom is 0.160 e. The normalized spacial score (nSPS) is 12.2. The molecule has 1 aromatic carbocycles. The molecule has 0 aliphatic rings. The highest BCUT2D eigenvalue weighted by atomic mass is 79.9. The van der Waals surface area contributed by atoms with Crippen LogP contribution in [0.5, 0.6) is 11.5 Å². The van der Waals surface area contributed by atoms with Gasteiger partial charge in [-0.2, -0.15) is 0 Å². The fourth-order valence-electron chi connectivity index (χ4n) is 2.02. The molecular formula is C13H16BrN3O3. The third-order valence-corrected chi connectivity index (χ3v) is 3.58. The van der Waals surface area contributed by atoms with Crippen LogP contribution in [0.25, 0.3) is 0 Å². The standard InChI is InChI=1S/C13H16BrN3O3/c1-17-12(13(14)15-16-17)9(18)6-8-4-5-10(19-2)11(7-8)20-3/h4-5,7,9,18H,6H2,1-3H3. The molecule has 1 aromatic heterocycles. The molecule has 7 heteroatoms. The van der Waals surface area contributed by atoms with Gasteiger partial charge in [-0.05, 0) is 33.6 Å². The minimum absolute atomic E-state index is 0.431. The first kappa shape index (κ1) is 14.8. The molecule has 0 saturated heterocycles. The minimum atomic E-state index is -0.706. The summed E-state index contributed by atoms with van der Waals surface area (Å²) in [6, 6.07) is 5.56. The van der Waals surface area contributed by atoms with Gasteiger partial charge in [0, 0.05) is 13.5 Å². The Balaban J connectivity index is 2.22. The quantitative estimate of drug-likeness (QED) is 0.898. The molecule has 0 aliphatic carbocycles. The Morgan fingerprint density at radius 1 is 1.30 bits per heavy atom. The van der Waals surface area contributed by atoms with Gasteiger partial charge in [-0.15, -0.1) is 5.10 Å². The van der Waals surface area contributed by atoms with Crippen molar-refractivity contribution in [2.75, 3.05) is 14.2 Å². The van der Waals surface area contributed by atoms with E-state index in [1.165, 1.54) is 0 Å². The maximum atomic E-state index is 10.3. The lowest BCUT2D eigenvalue weighted by molar-refractivity contribution is 0.167. The van der Waals surface area contributed by atoms with Crippen LogP contribution in [0, 0.1) is 0 Å². The number of aryl methyl sites for hydroxylation is 1. The fraction of sp³-hybridized carbons (Fsp3) is 0.385. The Kier molecular flexibility index (Phi) is 4.61. The second kappa shape index (κ2) is 6.23. The van der Waals surface area contributed by atoms with Gasteiger partial charge in [-0.1, -0.05) is 11.3 Å². The zero-order valence-corrected chi connectivity index (χ0v) is 13.1. The van der Waals surface area contributed by atoms with Crippen LogP contribution in [0.2, 0.25) is 0 Å². The number of rotatable bonds is 5. The van der Waals surface area contributed by atoms with Crippen molar-refractivity contribution >= 4 is 15.9 Å². The van der Waals surface area contributed by atoms with Gasteiger partial charge in [-0.3, -0.25) is 0 Å². The number of methoxy groups -OCH3 is 2. The summed E-state index contributed by atoms with van der Waals surface area (Å²) >= 11 is 3.28. The lowest BCUT2D eigenvalue weighted by Gasteiger charge is -2.13. The van der Waals surface area contributed by atoms with Crippen LogP contribution < -0.4 is 9.47 Å². The third-order valence-electron chi connectivity index (χ3n) is 3.02. The van der Waals surface area contributed by atoms with Crippen molar-refractivity contribution in [1.29, 1.82) is 0 Å². The Hall–Kier alpha value is -1.60. The molecule has 2 rings (SSSR count). The van der Waals surface area contributed by atoms with E-state index in [1.807, 2.05) is 18.2 Å². The summed E-state index contributed by atoms with van der Waals surface area (Å²) in [6.07, 6.45) is -0.275. The molecule has 1 N–H and O–H groups in total. The van der Waals surface area contributed by atoms with Crippen LogP contribution in [0.3, 0.4) is 0 Å². The predicted octanol–water partition coefficient (Wildman–Crippen LogP) is 1.87. The Morgan fingerprint density at radius 3 is 2.55 bits per heavy atom. The molecular weight excluding hydrogens is 326 g/mol. The summed E-state index contributed by atoms with van der Waals surface area (Å²) in [5, 5.41) is 18.0. The molecule has 0 spiro atoms. The monoisotopic (exact) mass is 341 g/mol. The van der Waals surface area contributed by atoms with Crippen molar-refractivity contribution in [2.45, 2.75) is 12.5 Å². The second-order valence-corrected chi connectivity index (χ2v) is 5.05. The van der Waals surface area contributed by atoms with E-state index in [0.717, 1.165) is 5.56 Å². The summed E-state index contributed by atoms with van der Waals surface area (Å²) in [5.41, 5.74) is 1.57. The van der Waals surface area contributed by atoms with Crippen molar-refractivity contribution in [2.24, 2.45) is 7.05 Å². The number of aromatic nitrogens is 3. The van der Waals surface area contributed by atoms with Gasteiger partial charge in [0.15, 0.2) is 16.1 Å². The highest BCUT2D eigenvalue weighted by molar-refractivity contribution is 9.10. The molecule has 0 fully saturated rings. The number of nitrogens with zero attached hydrogens (tertiary/aromatic N) is 3. The average Bonchev–Trinajstić information content (AvgIpc) is 2.78. The van der Waals surface area contributed by atoms with Crippen molar-refractivity contribution in [3.63, 3.8) is 0 Å². The molecule has 2 aromatic rings. The molecule has 20 heavy (non-hydrogen) atoms. The SMILES string of the molecule is COc1ccc(CC(O)c2c(Br)nnn2C)cc1OC. The van der Waals surface area contributed by atoms with Gasteiger partial charge in [0.05, 0.1) is 14.2 Å². The van der Waals surface area contributed by atoms with E-state index in [2.05, 4.69) is 26.2 Å². The van der Waals surface area contributed by atoms with Crippen LogP contribution in [0.4, 0.5) is 0 Å². The van der Waals surface area contributed by atoms with Gasteiger partial charge in [0.25, 0.3) is 0 Å². The summed E-state index contributed by atoms with van der Waals surface area (Å²) in [4.78, 5) is 0. The van der Waals surface area contributed by atoms with Crippen LogP contribution >= 0.6 is 15.9 Å². The molecule has 1 heterocycles. The van der Waals surface area contributed by atoms with Gasteiger partial charge < -0.3 is 14.6 Å². The van der Waals surface area contributed by atoms with E-state index in [4.69, 9.17) is 9.47 Å². The van der Waals surface area contributed by atoms with Crippen molar-refractivity contribution in [3.05, 3.63) is 34.1 Å². The van der Waals surface area contributed by atoms with E-state index >= 15 is 0 Å². The molecule has 108 valence electrons. The smallest absolute Gasteiger partial charge is 0.160 e. The summed E-state index contributed by atoms with van der Waals surface area (Å²) in [5.74, 6) is 1.30. The largest absolute Gasteiger partial charge is 0.493 e. The second-order valence-electron chi connectivity index (χ2n) is 4.30. The van der Waals surface area contributed by atoms with E-state index < -0.39 is 6.10 Å². The zero-order chi connectivity index (χ0) is 14.7. The summed E-state index contributed by atoms with van der Waals surface area (Å²) < 4.78 is 12.5. The van der Waals surface area contributed by atoms with E-state index in [9.17, 15) is 5.11 Å². The molecule has 0 aliphatic heterocycles. The third kappa shape index (κ3) is 2.94. The fourth-order valence-corrected chi connectivity index (χ4v) is 2.61. The topological polar surface area (TPSA) is 69.4 Å². The van der Waals surface area contributed by atoms with Crippen LogP contribution in [0.15, 0.2) is 22.8 Å². The van der Waals surface area contributed by atoms with Gasteiger partial charge in [-0.25, -0.2) is 4.68 Å². The summed E-state index contributed by atoms with van der Waals surface area (Å²) in [7, 11) is 4.91. The number of aliphatic hydroxyl groups is 1. The van der Waals surface area contributed by atoms with E-state index in [0.29, 0.717) is 28.2 Å². The first-order valence-electron chi connectivity index (χ1n) is 6.00. The molecule has 1 atom stereocenters. The molecule has 0 radical (unpaired) electrons. The first-order valence-corrected chi connectivity index (χ1v) is 6.80. The lowest BCUT2D eigenvalue weighted by Crippen LogP contribution is -2.08. The average molecular weight is 342 g/mol. The number of hydrogen-bond acceptors (Lipinski definition) is 5. The molecule has 0 bridgehead atoms. The summed E-state index contributed by atoms with van der Waals surface area (Å²) in [6.45, 7) is 0. The lowest BCUT2D eigenvalue weighted by atomic mass is 10.1. The molecule has 1 unspecified atom stereocenters. The maximum absolute atomic E-state index is 10.3. The zero-order valence-electron chi connectivity index (χ0n) is 11.5. The Morgan fingerprint density at radius 2 is 2.00 bits per heavy atom. The van der Waals surface area contributed by atoms with Crippen molar-refractivity contribution in [3.8, 4) is 11.5 Å². The number of hydrogen-bond donors (Lipinski definition) is 1. The Labute approximate surface area is 125 Å². The van der Waals surface area contributed by atoms with E-state index in [1.54, 1.807) is 25.9 Å². The van der Waals surface area contributed by atoms with Gasteiger partial charge in [0.2, 0.25) is 0 Å². The van der Waals surface area contributed by atoms with Crippen molar-refractivity contribution < 1.29 is 14.6 Å². The van der Waals surface area contributed by atoms with Crippen molar-refractivity contribution in [1.82, 2.24) is 15.0 Å². The molecule has 0 amide bonds. The predicted molar refractivity (Wildman–Crippen MR) is 76.9 cm³/mol.